The molecule has 0 aliphatic carbocycles. The van der Waals surface area contributed by atoms with Crippen molar-refractivity contribution in [2.45, 2.75) is 25.2 Å². The van der Waals surface area contributed by atoms with Crippen LogP contribution in [0.2, 0.25) is 0 Å². The monoisotopic (exact) mass is 271 g/mol. The van der Waals surface area contributed by atoms with Crippen molar-refractivity contribution in [2.24, 2.45) is 0 Å². The predicted molar refractivity (Wildman–Crippen MR) is 72.9 cm³/mol. The smallest absolute Gasteiger partial charge is 0.219 e. The summed E-state index contributed by atoms with van der Waals surface area (Å²) in [5, 5.41) is 14.7. The quantitative estimate of drug-likeness (QED) is 0.888. The van der Waals surface area contributed by atoms with Gasteiger partial charge in [0.1, 0.15) is 0 Å². The van der Waals surface area contributed by atoms with Crippen molar-refractivity contribution in [3.8, 4) is 0 Å². The summed E-state index contributed by atoms with van der Waals surface area (Å²) in [7, 11) is 0. The number of piperidine rings is 1. The zero-order valence-corrected chi connectivity index (χ0v) is 11.4. The number of tetrazole rings is 1. The number of H-pyrrole nitrogens is 1. The first kappa shape index (κ1) is 12.8. The number of carbonyl (C=O) groups excluding carboxylic acids is 1. The van der Waals surface area contributed by atoms with E-state index in [2.05, 4.69) is 32.8 Å². The minimum absolute atomic E-state index is 0.125. The molecule has 1 aromatic heterocycles. The van der Waals surface area contributed by atoms with E-state index in [0.29, 0.717) is 5.82 Å². The summed E-state index contributed by atoms with van der Waals surface area (Å²) in [6, 6.07) is 10.2. The Hall–Kier alpha value is -2.24. The molecule has 2 aromatic rings. The fraction of sp³-hybridized carbons (Fsp3) is 0.429. The van der Waals surface area contributed by atoms with Crippen LogP contribution in [0, 0.1) is 0 Å². The number of carbonyl (C=O) groups is 1. The summed E-state index contributed by atoms with van der Waals surface area (Å²) < 4.78 is 0. The molecule has 1 aliphatic heterocycles. The maximum atomic E-state index is 11.5. The molecule has 1 saturated heterocycles. The molecule has 0 spiro atoms. The number of likely N-dealkylation sites (tertiary alicyclic amines) is 1. The largest absolute Gasteiger partial charge is 0.343 e. The summed E-state index contributed by atoms with van der Waals surface area (Å²) in [4.78, 5) is 13.4. The molecule has 1 N–H and O–H groups in total. The van der Waals surface area contributed by atoms with Crippen LogP contribution in [0.3, 0.4) is 0 Å². The Bertz CT molecular complexity index is 573. The van der Waals surface area contributed by atoms with Crippen LogP contribution in [0.5, 0.6) is 0 Å². The highest BCUT2D eigenvalue weighted by molar-refractivity contribution is 5.73. The number of nitrogens with one attached hydrogen (secondary N) is 1. The first-order valence-electron chi connectivity index (χ1n) is 6.77. The van der Waals surface area contributed by atoms with Crippen molar-refractivity contribution in [3.05, 3.63) is 41.7 Å². The van der Waals surface area contributed by atoms with E-state index in [4.69, 9.17) is 0 Å². The first-order chi connectivity index (χ1) is 9.72. The van der Waals surface area contributed by atoms with E-state index >= 15 is 0 Å². The molecular weight excluding hydrogens is 254 g/mol. The summed E-state index contributed by atoms with van der Waals surface area (Å²) in [5.74, 6) is 0.840. The van der Waals surface area contributed by atoms with E-state index in [1.54, 1.807) is 6.92 Å². The highest BCUT2D eigenvalue weighted by Crippen LogP contribution is 2.39. The molecule has 1 amide bonds. The zero-order chi connectivity index (χ0) is 14.0. The normalized spacial score (nSPS) is 17.9. The molecule has 0 radical (unpaired) electrons. The number of amides is 1. The molecule has 1 fully saturated rings. The van der Waals surface area contributed by atoms with E-state index in [-0.39, 0.29) is 11.3 Å². The number of hydrogen-bond acceptors (Lipinski definition) is 4. The molecule has 0 atom stereocenters. The van der Waals surface area contributed by atoms with Gasteiger partial charge in [-0.05, 0) is 18.4 Å². The first-order valence-corrected chi connectivity index (χ1v) is 6.77. The average Bonchev–Trinajstić information content (AvgIpc) is 3.03. The summed E-state index contributed by atoms with van der Waals surface area (Å²) >= 11 is 0. The van der Waals surface area contributed by atoms with Crippen LogP contribution in [0.1, 0.15) is 31.2 Å². The Morgan fingerprint density at radius 3 is 2.50 bits per heavy atom. The minimum atomic E-state index is -0.250. The lowest BCUT2D eigenvalue weighted by atomic mass is 9.72. The van der Waals surface area contributed by atoms with Crippen molar-refractivity contribution < 1.29 is 4.79 Å². The maximum absolute atomic E-state index is 11.5. The molecule has 3 rings (SSSR count). The number of benzene rings is 1. The second kappa shape index (κ2) is 5.03. The molecule has 104 valence electrons. The lowest BCUT2D eigenvalue weighted by Gasteiger charge is -2.39. The second-order valence-electron chi connectivity index (χ2n) is 5.19. The number of rotatable bonds is 2. The molecule has 2 heterocycles. The third-order valence-electron chi connectivity index (χ3n) is 4.16. The molecule has 20 heavy (non-hydrogen) atoms. The van der Waals surface area contributed by atoms with Gasteiger partial charge in [0, 0.05) is 20.0 Å². The number of aromatic nitrogens is 4. The topological polar surface area (TPSA) is 74.8 Å². The van der Waals surface area contributed by atoms with Crippen LogP contribution in [0.25, 0.3) is 0 Å². The van der Waals surface area contributed by atoms with Gasteiger partial charge in [-0.15, -0.1) is 10.2 Å². The van der Waals surface area contributed by atoms with Crippen LogP contribution in [0.4, 0.5) is 0 Å². The fourth-order valence-electron chi connectivity index (χ4n) is 2.97. The van der Waals surface area contributed by atoms with E-state index < -0.39 is 0 Å². The molecule has 1 aromatic carbocycles. The summed E-state index contributed by atoms with van der Waals surface area (Å²) in [5.41, 5.74) is 0.935. The van der Waals surface area contributed by atoms with Gasteiger partial charge in [0.25, 0.3) is 0 Å². The molecular formula is C14H17N5O. The Kier molecular flexibility index (Phi) is 3.22. The van der Waals surface area contributed by atoms with Crippen molar-refractivity contribution in [1.29, 1.82) is 0 Å². The second-order valence-corrected chi connectivity index (χ2v) is 5.19. The Balaban J connectivity index is 1.97. The van der Waals surface area contributed by atoms with E-state index in [1.165, 1.54) is 5.56 Å². The third-order valence-corrected chi connectivity index (χ3v) is 4.16. The molecule has 6 nitrogen and oxygen atoms in total. The van der Waals surface area contributed by atoms with E-state index in [0.717, 1.165) is 25.9 Å². The van der Waals surface area contributed by atoms with Crippen molar-refractivity contribution in [2.75, 3.05) is 13.1 Å². The van der Waals surface area contributed by atoms with Crippen LogP contribution in [0.15, 0.2) is 30.3 Å². The van der Waals surface area contributed by atoms with Gasteiger partial charge in [0.2, 0.25) is 5.91 Å². The van der Waals surface area contributed by atoms with Gasteiger partial charge in [0.15, 0.2) is 5.82 Å². The summed E-state index contributed by atoms with van der Waals surface area (Å²) in [6.07, 6.45) is 1.63. The van der Waals surface area contributed by atoms with Gasteiger partial charge in [-0.1, -0.05) is 35.5 Å². The highest BCUT2D eigenvalue weighted by atomic mass is 16.2. The molecule has 0 saturated carbocycles. The van der Waals surface area contributed by atoms with Crippen LogP contribution in [-0.2, 0) is 10.2 Å². The highest BCUT2D eigenvalue weighted by Gasteiger charge is 2.41. The van der Waals surface area contributed by atoms with Gasteiger partial charge >= 0.3 is 0 Å². The predicted octanol–water partition coefficient (Wildman–Crippen LogP) is 1.13. The Morgan fingerprint density at radius 2 is 1.95 bits per heavy atom. The third kappa shape index (κ3) is 2.07. The minimum Gasteiger partial charge on any atom is -0.343 e. The standard InChI is InChI=1S/C14H17N5O/c1-11(20)19-9-7-14(8-10-19,13-15-17-18-16-13)12-5-3-2-4-6-12/h2-6H,7-10H2,1H3,(H,15,16,17,18). The fourth-order valence-corrected chi connectivity index (χ4v) is 2.97. The van der Waals surface area contributed by atoms with Gasteiger partial charge in [-0.2, -0.15) is 5.21 Å². The van der Waals surface area contributed by atoms with Crippen LogP contribution >= 0.6 is 0 Å². The van der Waals surface area contributed by atoms with Gasteiger partial charge in [-0.25, -0.2) is 0 Å². The van der Waals surface area contributed by atoms with Crippen molar-refractivity contribution >= 4 is 5.91 Å². The SMILES string of the molecule is CC(=O)N1CCC(c2ccccc2)(c2nn[nH]n2)CC1. The van der Waals surface area contributed by atoms with Crippen LogP contribution < -0.4 is 0 Å². The maximum Gasteiger partial charge on any atom is 0.219 e. The molecule has 0 unspecified atom stereocenters. The lowest BCUT2D eigenvalue weighted by Crippen LogP contribution is -2.45. The van der Waals surface area contributed by atoms with Crippen molar-refractivity contribution in [1.82, 2.24) is 25.5 Å². The number of nitrogens with zero attached hydrogens (tertiary/aromatic N) is 4. The zero-order valence-electron chi connectivity index (χ0n) is 11.4. The average molecular weight is 271 g/mol. The lowest BCUT2D eigenvalue weighted by molar-refractivity contribution is -0.130. The van der Waals surface area contributed by atoms with Crippen LogP contribution in [-0.4, -0.2) is 44.5 Å². The molecule has 0 bridgehead atoms. The van der Waals surface area contributed by atoms with E-state index in [9.17, 15) is 4.79 Å². The van der Waals surface area contributed by atoms with Crippen molar-refractivity contribution in [3.63, 3.8) is 0 Å². The van der Waals surface area contributed by atoms with E-state index in [1.807, 2.05) is 23.1 Å². The van der Waals surface area contributed by atoms with Gasteiger partial charge in [0.05, 0.1) is 5.41 Å². The Labute approximate surface area is 117 Å². The van der Waals surface area contributed by atoms with Gasteiger partial charge < -0.3 is 4.90 Å². The summed E-state index contributed by atoms with van der Waals surface area (Å²) in [6.45, 7) is 3.06. The molecule has 6 heteroatoms. The molecule has 1 aliphatic rings. The van der Waals surface area contributed by atoms with Gasteiger partial charge in [-0.3, -0.25) is 4.79 Å². The Morgan fingerprint density at radius 1 is 1.25 bits per heavy atom. The number of aromatic amines is 1. The number of hydrogen-bond donors (Lipinski definition) is 1.